The molecular weight excluding hydrogens is 240 g/mol. The average Bonchev–Trinajstić information content (AvgIpc) is 2.29. The molecule has 0 amide bonds. The molecule has 0 radical (unpaired) electrons. The zero-order valence-corrected chi connectivity index (χ0v) is 8.32. The van der Waals surface area contributed by atoms with Gasteiger partial charge in [0.15, 0.2) is 5.00 Å². The molecule has 0 spiro atoms. The van der Waals surface area contributed by atoms with Crippen LogP contribution in [0.2, 0.25) is 0 Å². The number of nitro groups is 1. The van der Waals surface area contributed by atoms with Crippen LogP contribution in [-0.4, -0.2) is 13.3 Å². The van der Waals surface area contributed by atoms with E-state index in [-0.39, 0.29) is 9.21 Å². The SMILES string of the molecule is Nc1sc(S(=O)(=O)Cl)cc1[N+](=O)[O-]. The Morgan fingerprint density at radius 1 is 1.62 bits per heavy atom. The summed E-state index contributed by atoms with van der Waals surface area (Å²) in [4.78, 5) is 9.49. The smallest absolute Gasteiger partial charge is 0.304 e. The van der Waals surface area contributed by atoms with Crippen molar-refractivity contribution in [3.8, 4) is 0 Å². The van der Waals surface area contributed by atoms with Gasteiger partial charge in [-0.15, -0.1) is 0 Å². The Bertz CT molecular complexity index is 451. The standard InChI is InChI=1S/C4H3ClN2O4S2/c5-13(10,11)3-1-2(7(8)9)4(6)12-3/h1H,6H2. The van der Waals surface area contributed by atoms with Crippen LogP contribution in [0.3, 0.4) is 0 Å². The first-order chi connectivity index (χ1) is 5.82. The number of nitrogens with two attached hydrogens (primary N) is 1. The molecule has 0 fully saturated rings. The molecule has 9 heteroatoms. The van der Waals surface area contributed by atoms with Crippen LogP contribution in [0.4, 0.5) is 10.7 Å². The zero-order valence-electron chi connectivity index (χ0n) is 5.93. The molecule has 1 aromatic heterocycles. The fourth-order valence-corrected chi connectivity index (χ4v) is 2.60. The predicted molar refractivity (Wildman–Crippen MR) is 48.4 cm³/mol. The van der Waals surface area contributed by atoms with E-state index in [0.717, 1.165) is 6.07 Å². The van der Waals surface area contributed by atoms with E-state index in [2.05, 4.69) is 0 Å². The number of hydrogen-bond donors (Lipinski definition) is 1. The van der Waals surface area contributed by atoms with Crippen LogP contribution in [0.15, 0.2) is 10.3 Å². The molecule has 6 nitrogen and oxygen atoms in total. The highest BCUT2D eigenvalue weighted by Gasteiger charge is 2.22. The molecule has 0 bridgehead atoms. The quantitative estimate of drug-likeness (QED) is 0.476. The number of halogens is 1. The minimum atomic E-state index is -3.93. The van der Waals surface area contributed by atoms with Crippen molar-refractivity contribution in [2.75, 3.05) is 5.73 Å². The Morgan fingerprint density at radius 3 is 2.38 bits per heavy atom. The molecule has 0 aromatic carbocycles. The largest absolute Gasteiger partial charge is 0.385 e. The molecule has 1 aromatic rings. The van der Waals surface area contributed by atoms with Gasteiger partial charge in [-0.2, -0.15) is 0 Å². The number of nitrogens with zero attached hydrogens (tertiary/aromatic N) is 1. The zero-order chi connectivity index (χ0) is 10.2. The van der Waals surface area contributed by atoms with Crippen LogP contribution in [-0.2, 0) is 9.05 Å². The predicted octanol–water partition coefficient (Wildman–Crippen LogP) is 1.17. The Kier molecular flexibility index (Phi) is 2.46. The maximum absolute atomic E-state index is 10.7. The van der Waals surface area contributed by atoms with Gasteiger partial charge in [-0.1, -0.05) is 11.3 Å². The lowest BCUT2D eigenvalue weighted by Crippen LogP contribution is -1.89. The third kappa shape index (κ3) is 2.08. The molecular formula is C4H3ClN2O4S2. The molecule has 0 aliphatic carbocycles. The van der Waals surface area contributed by atoms with Gasteiger partial charge in [-0.3, -0.25) is 10.1 Å². The van der Waals surface area contributed by atoms with E-state index >= 15 is 0 Å². The summed E-state index contributed by atoms with van der Waals surface area (Å²) in [6, 6.07) is 0.836. The number of hydrogen-bond acceptors (Lipinski definition) is 6. The van der Waals surface area contributed by atoms with E-state index in [4.69, 9.17) is 16.4 Å². The number of anilines is 1. The van der Waals surface area contributed by atoms with E-state index in [0.29, 0.717) is 11.3 Å². The van der Waals surface area contributed by atoms with Crippen molar-refractivity contribution in [2.24, 2.45) is 0 Å². The maximum atomic E-state index is 10.7. The number of nitrogen functional groups attached to an aromatic ring is 1. The van der Waals surface area contributed by atoms with Crippen molar-refractivity contribution >= 4 is 41.8 Å². The van der Waals surface area contributed by atoms with E-state index in [1.165, 1.54) is 0 Å². The van der Waals surface area contributed by atoms with Gasteiger partial charge in [0.1, 0.15) is 4.21 Å². The van der Waals surface area contributed by atoms with Crippen molar-refractivity contribution < 1.29 is 13.3 Å². The molecule has 72 valence electrons. The fraction of sp³-hybridized carbons (Fsp3) is 0. The molecule has 0 saturated carbocycles. The third-order valence-electron chi connectivity index (χ3n) is 1.15. The molecule has 1 rings (SSSR count). The van der Waals surface area contributed by atoms with Gasteiger partial charge in [0.25, 0.3) is 9.05 Å². The Morgan fingerprint density at radius 2 is 2.15 bits per heavy atom. The highest BCUT2D eigenvalue weighted by Crippen LogP contribution is 2.35. The van der Waals surface area contributed by atoms with Crippen LogP contribution in [0.1, 0.15) is 0 Å². The molecule has 0 saturated heterocycles. The number of thiophene rings is 1. The summed E-state index contributed by atoms with van der Waals surface area (Å²) in [6.45, 7) is 0. The van der Waals surface area contributed by atoms with Crippen LogP contribution < -0.4 is 5.73 Å². The first-order valence-corrected chi connectivity index (χ1v) is 5.93. The van der Waals surface area contributed by atoms with E-state index in [9.17, 15) is 18.5 Å². The summed E-state index contributed by atoms with van der Waals surface area (Å²) < 4.78 is 21.1. The molecule has 0 unspecified atom stereocenters. The summed E-state index contributed by atoms with van der Waals surface area (Å²) >= 11 is 0.566. The van der Waals surface area contributed by atoms with Crippen molar-refractivity contribution in [1.82, 2.24) is 0 Å². The lowest BCUT2D eigenvalue weighted by molar-refractivity contribution is -0.383. The van der Waals surface area contributed by atoms with Gasteiger partial charge in [0.05, 0.1) is 4.92 Å². The van der Waals surface area contributed by atoms with Gasteiger partial charge in [-0.05, 0) is 0 Å². The highest BCUT2D eigenvalue weighted by atomic mass is 35.7. The van der Waals surface area contributed by atoms with E-state index in [1.54, 1.807) is 0 Å². The van der Waals surface area contributed by atoms with Crippen molar-refractivity contribution in [3.63, 3.8) is 0 Å². The topological polar surface area (TPSA) is 103 Å². The van der Waals surface area contributed by atoms with Gasteiger partial charge < -0.3 is 5.73 Å². The van der Waals surface area contributed by atoms with Crippen molar-refractivity contribution in [2.45, 2.75) is 4.21 Å². The second-order valence-electron chi connectivity index (χ2n) is 2.01. The second-order valence-corrected chi connectivity index (χ2v) is 5.89. The number of rotatable bonds is 2. The normalized spacial score (nSPS) is 11.5. The minimum absolute atomic E-state index is 0.177. The summed E-state index contributed by atoms with van der Waals surface area (Å²) in [6.07, 6.45) is 0. The molecule has 0 atom stereocenters. The lowest BCUT2D eigenvalue weighted by atomic mass is 10.5. The summed E-state index contributed by atoms with van der Waals surface area (Å²) in [7, 11) is 1.02. The summed E-state index contributed by atoms with van der Waals surface area (Å²) in [5.41, 5.74) is 4.75. The Balaban J connectivity index is 3.33. The van der Waals surface area contributed by atoms with E-state index < -0.39 is 19.7 Å². The van der Waals surface area contributed by atoms with Crippen LogP contribution >= 0.6 is 22.0 Å². The van der Waals surface area contributed by atoms with Crippen molar-refractivity contribution in [3.05, 3.63) is 16.2 Å². The lowest BCUT2D eigenvalue weighted by Gasteiger charge is -1.83. The molecule has 2 N–H and O–H groups in total. The monoisotopic (exact) mass is 242 g/mol. The third-order valence-corrected chi connectivity index (χ3v) is 4.18. The highest BCUT2D eigenvalue weighted by molar-refractivity contribution is 8.15. The first-order valence-electron chi connectivity index (χ1n) is 2.80. The van der Waals surface area contributed by atoms with Crippen molar-refractivity contribution in [1.29, 1.82) is 0 Å². The maximum Gasteiger partial charge on any atom is 0.304 e. The Labute approximate surface area is 81.5 Å². The Hall–Kier alpha value is -0.860. The van der Waals surface area contributed by atoms with E-state index in [1.807, 2.05) is 0 Å². The van der Waals surface area contributed by atoms with Gasteiger partial charge in [0.2, 0.25) is 0 Å². The van der Waals surface area contributed by atoms with Gasteiger partial charge >= 0.3 is 5.69 Å². The van der Waals surface area contributed by atoms with Crippen LogP contribution in [0, 0.1) is 10.1 Å². The van der Waals surface area contributed by atoms with Crippen LogP contribution in [0.25, 0.3) is 0 Å². The molecule has 13 heavy (non-hydrogen) atoms. The van der Waals surface area contributed by atoms with Crippen LogP contribution in [0.5, 0.6) is 0 Å². The molecule has 0 aliphatic heterocycles. The summed E-state index contributed by atoms with van der Waals surface area (Å²) in [5.74, 6) is 0. The first kappa shape index (κ1) is 10.2. The minimum Gasteiger partial charge on any atom is -0.385 e. The van der Waals surface area contributed by atoms with Gasteiger partial charge in [0, 0.05) is 16.7 Å². The molecule has 0 aliphatic rings. The fourth-order valence-electron chi connectivity index (χ4n) is 0.636. The summed E-state index contributed by atoms with van der Waals surface area (Å²) in [5, 5.41) is 10.1. The average molecular weight is 243 g/mol. The van der Waals surface area contributed by atoms with Gasteiger partial charge in [-0.25, -0.2) is 8.42 Å². The molecule has 1 heterocycles. The second kappa shape index (κ2) is 3.13.